The van der Waals surface area contributed by atoms with Gasteiger partial charge in [-0.25, -0.2) is 4.98 Å². The smallest absolute Gasteiger partial charge is 0.248 e. The molecule has 1 aromatic heterocycles. The van der Waals surface area contributed by atoms with Crippen molar-refractivity contribution in [2.24, 2.45) is 0 Å². The highest BCUT2D eigenvalue weighted by Crippen LogP contribution is 2.14. The summed E-state index contributed by atoms with van der Waals surface area (Å²) in [7, 11) is 0. The van der Waals surface area contributed by atoms with Crippen LogP contribution in [0.3, 0.4) is 0 Å². The van der Waals surface area contributed by atoms with Crippen molar-refractivity contribution in [2.75, 3.05) is 11.6 Å². The maximum absolute atomic E-state index is 11.8. The van der Waals surface area contributed by atoms with Crippen molar-refractivity contribution in [3.8, 4) is 0 Å². The normalized spacial score (nSPS) is 10.7. The Morgan fingerprint density at radius 1 is 1.25 bits per heavy atom. The molecule has 5 heteroatoms. The van der Waals surface area contributed by atoms with Crippen LogP contribution in [0, 0.1) is 0 Å². The number of pyridine rings is 1. The molecule has 102 valence electrons. The van der Waals surface area contributed by atoms with Crippen LogP contribution in [0.1, 0.15) is 5.56 Å². The molecule has 0 spiro atoms. The molecule has 1 N–H and O–H groups in total. The number of benzene rings is 1. The van der Waals surface area contributed by atoms with Crippen molar-refractivity contribution in [2.45, 2.75) is 5.03 Å². The molecule has 0 fully saturated rings. The van der Waals surface area contributed by atoms with Gasteiger partial charge in [-0.15, -0.1) is 11.8 Å². The third-order valence-electron chi connectivity index (χ3n) is 2.51. The molecule has 20 heavy (non-hydrogen) atoms. The minimum atomic E-state index is -0.196. The average molecular weight is 305 g/mol. The zero-order valence-electron chi connectivity index (χ0n) is 10.8. The van der Waals surface area contributed by atoms with Crippen LogP contribution < -0.4 is 5.32 Å². The maximum atomic E-state index is 11.8. The quantitative estimate of drug-likeness (QED) is 0.683. The van der Waals surface area contributed by atoms with Gasteiger partial charge in [0.15, 0.2) is 0 Å². The van der Waals surface area contributed by atoms with Crippen LogP contribution in [0.2, 0.25) is 5.02 Å². The second-order valence-electron chi connectivity index (χ2n) is 3.96. The first kappa shape index (κ1) is 14.6. The molecular formula is C15H13ClN2OS. The molecule has 0 radical (unpaired) electrons. The number of carbonyl (C=O) groups excluding carboxylic acids is 1. The molecule has 3 nitrogen and oxygen atoms in total. The molecule has 0 saturated carbocycles. The van der Waals surface area contributed by atoms with Crippen molar-refractivity contribution in [1.29, 1.82) is 0 Å². The van der Waals surface area contributed by atoms with E-state index in [1.165, 1.54) is 6.08 Å². The van der Waals surface area contributed by atoms with E-state index in [1.54, 1.807) is 36.2 Å². The van der Waals surface area contributed by atoms with E-state index in [0.717, 1.165) is 10.6 Å². The van der Waals surface area contributed by atoms with Gasteiger partial charge in [0.05, 0.1) is 16.9 Å². The van der Waals surface area contributed by atoms with Crippen LogP contribution in [-0.2, 0) is 4.79 Å². The lowest BCUT2D eigenvalue weighted by Crippen LogP contribution is -2.07. The Kier molecular flexibility index (Phi) is 5.21. The van der Waals surface area contributed by atoms with E-state index in [1.807, 2.05) is 30.5 Å². The Morgan fingerprint density at radius 3 is 2.60 bits per heavy atom. The van der Waals surface area contributed by atoms with Gasteiger partial charge in [0.1, 0.15) is 0 Å². The van der Waals surface area contributed by atoms with E-state index in [4.69, 9.17) is 11.6 Å². The Balaban J connectivity index is 1.96. The van der Waals surface area contributed by atoms with Gasteiger partial charge in [-0.1, -0.05) is 23.7 Å². The van der Waals surface area contributed by atoms with E-state index in [0.29, 0.717) is 10.7 Å². The van der Waals surface area contributed by atoms with E-state index in [2.05, 4.69) is 10.3 Å². The van der Waals surface area contributed by atoms with Gasteiger partial charge in [0, 0.05) is 11.1 Å². The van der Waals surface area contributed by atoms with Crippen molar-refractivity contribution in [3.63, 3.8) is 0 Å². The molecule has 1 aromatic carbocycles. The van der Waals surface area contributed by atoms with Gasteiger partial charge in [-0.3, -0.25) is 4.79 Å². The largest absolute Gasteiger partial charge is 0.321 e. The molecule has 0 unspecified atom stereocenters. The number of rotatable bonds is 4. The number of aromatic nitrogens is 1. The van der Waals surface area contributed by atoms with Crippen molar-refractivity contribution >= 4 is 41.0 Å². The van der Waals surface area contributed by atoms with Crippen molar-refractivity contribution in [3.05, 3.63) is 59.3 Å². The summed E-state index contributed by atoms with van der Waals surface area (Å²) >= 11 is 7.35. The van der Waals surface area contributed by atoms with E-state index in [9.17, 15) is 4.79 Å². The first-order valence-corrected chi connectivity index (χ1v) is 7.52. The number of carbonyl (C=O) groups is 1. The lowest BCUT2D eigenvalue weighted by atomic mass is 10.2. The Labute approximate surface area is 127 Å². The van der Waals surface area contributed by atoms with Crippen molar-refractivity contribution in [1.82, 2.24) is 4.98 Å². The predicted molar refractivity (Wildman–Crippen MR) is 85.1 cm³/mol. The summed E-state index contributed by atoms with van der Waals surface area (Å²) in [4.78, 5) is 15.9. The van der Waals surface area contributed by atoms with Gasteiger partial charge in [0.25, 0.3) is 0 Å². The zero-order chi connectivity index (χ0) is 14.4. The van der Waals surface area contributed by atoms with Gasteiger partial charge >= 0.3 is 0 Å². The molecule has 1 heterocycles. The van der Waals surface area contributed by atoms with Crippen LogP contribution >= 0.6 is 23.4 Å². The second-order valence-corrected chi connectivity index (χ2v) is 5.23. The average Bonchev–Trinajstić information content (AvgIpc) is 2.47. The van der Waals surface area contributed by atoms with Gasteiger partial charge in [-0.05, 0) is 42.2 Å². The van der Waals surface area contributed by atoms with Crippen LogP contribution in [0.15, 0.2) is 53.7 Å². The monoisotopic (exact) mass is 304 g/mol. The number of halogens is 1. The molecule has 0 aliphatic carbocycles. The fourth-order valence-electron chi connectivity index (χ4n) is 1.50. The molecule has 0 atom stereocenters. The molecule has 2 rings (SSSR count). The first-order valence-electron chi connectivity index (χ1n) is 5.92. The number of nitrogens with zero attached hydrogens (tertiary/aromatic N) is 1. The Morgan fingerprint density at radius 2 is 2.00 bits per heavy atom. The SMILES string of the molecule is CSc1ccc(NC(=O)C=Cc2ccc(Cl)cc2)cn1. The summed E-state index contributed by atoms with van der Waals surface area (Å²) in [6.07, 6.45) is 6.80. The maximum Gasteiger partial charge on any atom is 0.248 e. The summed E-state index contributed by atoms with van der Waals surface area (Å²) in [6, 6.07) is 11.0. The number of amides is 1. The summed E-state index contributed by atoms with van der Waals surface area (Å²) in [6.45, 7) is 0. The number of hydrogen-bond acceptors (Lipinski definition) is 3. The highest BCUT2D eigenvalue weighted by Gasteiger charge is 1.99. The minimum absolute atomic E-state index is 0.196. The minimum Gasteiger partial charge on any atom is -0.321 e. The van der Waals surface area contributed by atoms with E-state index in [-0.39, 0.29) is 5.91 Å². The molecule has 0 saturated heterocycles. The highest BCUT2D eigenvalue weighted by molar-refractivity contribution is 7.98. The fraction of sp³-hybridized carbons (Fsp3) is 0.0667. The Hall–Kier alpha value is -1.78. The van der Waals surface area contributed by atoms with Crippen LogP contribution in [-0.4, -0.2) is 17.1 Å². The van der Waals surface area contributed by atoms with Crippen molar-refractivity contribution < 1.29 is 4.79 Å². The fourth-order valence-corrected chi connectivity index (χ4v) is 1.99. The van der Waals surface area contributed by atoms with Crippen LogP contribution in [0.4, 0.5) is 5.69 Å². The van der Waals surface area contributed by atoms with Gasteiger partial charge in [-0.2, -0.15) is 0 Å². The summed E-state index contributed by atoms with van der Waals surface area (Å²) in [5, 5.41) is 4.34. The molecule has 0 aliphatic heterocycles. The summed E-state index contributed by atoms with van der Waals surface area (Å²) < 4.78 is 0. The lowest BCUT2D eigenvalue weighted by Gasteiger charge is -2.02. The second kappa shape index (κ2) is 7.12. The number of anilines is 1. The molecule has 2 aromatic rings. The summed E-state index contributed by atoms with van der Waals surface area (Å²) in [5.41, 5.74) is 1.59. The third-order valence-corrected chi connectivity index (χ3v) is 3.42. The van der Waals surface area contributed by atoms with Crippen LogP contribution in [0.25, 0.3) is 6.08 Å². The van der Waals surface area contributed by atoms with E-state index >= 15 is 0 Å². The van der Waals surface area contributed by atoms with Gasteiger partial charge in [0.2, 0.25) is 5.91 Å². The summed E-state index contributed by atoms with van der Waals surface area (Å²) in [5.74, 6) is -0.196. The lowest BCUT2D eigenvalue weighted by molar-refractivity contribution is -0.111. The highest BCUT2D eigenvalue weighted by atomic mass is 35.5. The van der Waals surface area contributed by atoms with E-state index < -0.39 is 0 Å². The van der Waals surface area contributed by atoms with Crippen LogP contribution in [0.5, 0.6) is 0 Å². The topological polar surface area (TPSA) is 42.0 Å². The van der Waals surface area contributed by atoms with Gasteiger partial charge < -0.3 is 5.32 Å². The Bertz CT molecular complexity index is 609. The molecule has 0 aliphatic rings. The number of thioether (sulfide) groups is 1. The zero-order valence-corrected chi connectivity index (χ0v) is 12.4. The molecular weight excluding hydrogens is 292 g/mol. The molecule has 0 bridgehead atoms. The standard InChI is InChI=1S/C15H13ClN2OS/c1-20-15-9-7-13(10-17-15)18-14(19)8-4-11-2-5-12(16)6-3-11/h2-10H,1H3,(H,18,19). The third kappa shape index (κ3) is 4.40. The molecule has 1 amide bonds. The first-order chi connectivity index (χ1) is 9.67. The number of nitrogens with one attached hydrogen (secondary N) is 1. The number of hydrogen-bond donors (Lipinski definition) is 1. The predicted octanol–water partition coefficient (Wildman–Crippen LogP) is 4.11.